The Bertz CT molecular complexity index is 834. The molecule has 6 atom stereocenters. The Kier molecular flexibility index (Phi) is 7.58. The molecular formula is C25H32O5. The van der Waals surface area contributed by atoms with E-state index in [4.69, 9.17) is 9.47 Å². The van der Waals surface area contributed by atoms with Crippen LogP contribution in [0.2, 0.25) is 0 Å². The van der Waals surface area contributed by atoms with Crippen molar-refractivity contribution in [3.63, 3.8) is 0 Å². The average Bonchev–Trinajstić information content (AvgIpc) is 3.25. The van der Waals surface area contributed by atoms with Crippen molar-refractivity contribution in [1.29, 1.82) is 0 Å². The molecule has 3 rings (SSSR count). The van der Waals surface area contributed by atoms with Gasteiger partial charge in [-0.3, -0.25) is 4.79 Å². The normalized spacial score (nSPS) is 26.3. The number of aryl methyl sites for hydroxylation is 1. The van der Waals surface area contributed by atoms with Gasteiger partial charge < -0.3 is 19.7 Å². The molecule has 1 fully saturated rings. The zero-order valence-corrected chi connectivity index (χ0v) is 18.0. The number of aliphatic hydroxyl groups is 2. The topological polar surface area (TPSA) is 76.0 Å². The summed E-state index contributed by atoms with van der Waals surface area (Å²) in [6.45, 7) is 3.77. The molecule has 0 aromatic heterocycles. The van der Waals surface area contributed by atoms with Gasteiger partial charge in [-0.2, -0.15) is 0 Å². The SMILES string of the molecule is CC#CCC(C)[C@H](O)/C=C/[C@@H]1C2c3cccc(CCCC(=O)OC)c3O[C@H]2C[C@H]1O. The minimum atomic E-state index is -0.594. The van der Waals surface area contributed by atoms with Crippen molar-refractivity contribution < 1.29 is 24.5 Å². The van der Waals surface area contributed by atoms with Crippen LogP contribution in [0.3, 0.4) is 0 Å². The number of carbonyl (C=O) groups is 1. The summed E-state index contributed by atoms with van der Waals surface area (Å²) in [4.78, 5) is 11.4. The fourth-order valence-corrected chi connectivity index (χ4v) is 4.51. The van der Waals surface area contributed by atoms with Crippen LogP contribution in [0, 0.1) is 23.7 Å². The van der Waals surface area contributed by atoms with Crippen LogP contribution in [0.25, 0.3) is 0 Å². The van der Waals surface area contributed by atoms with E-state index in [1.54, 1.807) is 13.0 Å². The molecule has 0 amide bonds. The van der Waals surface area contributed by atoms with Crippen LogP contribution < -0.4 is 4.74 Å². The second-order valence-corrected chi connectivity index (χ2v) is 8.31. The summed E-state index contributed by atoms with van der Waals surface area (Å²) in [5.41, 5.74) is 2.20. The molecule has 1 aliphatic carbocycles. The van der Waals surface area contributed by atoms with Gasteiger partial charge in [0, 0.05) is 36.7 Å². The van der Waals surface area contributed by atoms with E-state index < -0.39 is 12.2 Å². The first kappa shape index (κ1) is 22.4. The molecule has 0 spiro atoms. The van der Waals surface area contributed by atoms with Gasteiger partial charge in [0.15, 0.2) is 0 Å². The molecule has 5 heteroatoms. The Hall–Kier alpha value is -2.29. The van der Waals surface area contributed by atoms with Crippen LogP contribution in [-0.2, 0) is 16.0 Å². The van der Waals surface area contributed by atoms with Gasteiger partial charge in [-0.15, -0.1) is 11.8 Å². The van der Waals surface area contributed by atoms with Gasteiger partial charge in [-0.05, 0) is 31.2 Å². The van der Waals surface area contributed by atoms with Gasteiger partial charge in [0.25, 0.3) is 0 Å². The van der Waals surface area contributed by atoms with E-state index in [0.717, 1.165) is 23.3 Å². The molecule has 2 unspecified atom stereocenters. The maximum atomic E-state index is 11.4. The maximum Gasteiger partial charge on any atom is 0.305 e. The summed E-state index contributed by atoms with van der Waals surface area (Å²) < 4.78 is 11.0. The Morgan fingerprint density at radius 2 is 2.23 bits per heavy atom. The van der Waals surface area contributed by atoms with Crippen LogP contribution in [0.4, 0.5) is 0 Å². The number of hydrogen-bond donors (Lipinski definition) is 2. The summed E-state index contributed by atoms with van der Waals surface area (Å²) in [5, 5.41) is 21.1. The molecule has 1 heterocycles. The number of esters is 1. The molecule has 2 N–H and O–H groups in total. The zero-order valence-electron chi connectivity index (χ0n) is 18.0. The lowest BCUT2D eigenvalue weighted by atomic mass is 9.86. The molecule has 5 nitrogen and oxygen atoms in total. The predicted octanol–water partition coefficient (Wildman–Crippen LogP) is 3.37. The average molecular weight is 413 g/mol. The molecule has 162 valence electrons. The molecule has 0 bridgehead atoms. The molecule has 1 aromatic rings. The van der Waals surface area contributed by atoms with Crippen molar-refractivity contribution in [2.24, 2.45) is 11.8 Å². The third-order valence-corrected chi connectivity index (χ3v) is 6.26. The summed E-state index contributed by atoms with van der Waals surface area (Å²) in [7, 11) is 1.40. The maximum absolute atomic E-state index is 11.4. The minimum absolute atomic E-state index is 0.0385. The van der Waals surface area contributed by atoms with E-state index in [2.05, 4.69) is 17.9 Å². The van der Waals surface area contributed by atoms with E-state index >= 15 is 0 Å². The van der Waals surface area contributed by atoms with Crippen molar-refractivity contribution in [3.05, 3.63) is 41.5 Å². The number of para-hydroxylation sites is 1. The predicted molar refractivity (Wildman–Crippen MR) is 115 cm³/mol. The summed E-state index contributed by atoms with van der Waals surface area (Å²) in [6.07, 6.45) is 5.66. The Morgan fingerprint density at radius 3 is 2.97 bits per heavy atom. The highest BCUT2D eigenvalue weighted by Gasteiger charge is 2.48. The Balaban J connectivity index is 1.73. The number of benzene rings is 1. The smallest absolute Gasteiger partial charge is 0.305 e. The number of methoxy groups -OCH3 is 1. The summed E-state index contributed by atoms with van der Waals surface area (Å²) in [5.74, 6) is 6.58. The third kappa shape index (κ3) is 4.88. The van der Waals surface area contributed by atoms with E-state index in [0.29, 0.717) is 25.7 Å². The number of aliphatic hydroxyl groups excluding tert-OH is 2. The van der Waals surface area contributed by atoms with Crippen molar-refractivity contribution in [1.82, 2.24) is 0 Å². The van der Waals surface area contributed by atoms with Crippen LogP contribution in [-0.4, -0.2) is 41.6 Å². The summed E-state index contributed by atoms with van der Waals surface area (Å²) >= 11 is 0. The van der Waals surface area contributed by atoms with Gasteiger partial charge in [-0.1, -0.05) is 37.3 Å². The van der Waals surface area contributed by atoms with E-state index in [-0.39, 0.29) is 29.8 Å². The van der Waals surface area contributed by atoms with Crippen molar-refractivity contribution in [2.75, 3.05) is 7.11 Å². The zero-order chi connectivity index (χ0) is 21.7. The van der Waals surface area contributed by atoms with Crippen molar-refractivity contribution in [3.8, 4) is 17.6 Å². The molecule has 2 aliphatic rings. The van der Waals surface area contributed by atoms with E-state index in [1.165, 1.54) is 7.11 Å². The van der Waals surface area contributed by atoms with Crippen molar-refractivity contribution >= 4 is 5.97 Å². The second-order valence-electron chi connectivity index (χ2n) is 8.31. The standard InChI is InChI=1S/C25H32O5/c1-4-5-8-16(2)20(26)14-13-18-21(27)15-22-24(18)19-11-6-9-17(25(19)30-22)10-7-12-23(28)29-3/h6,9,11,13-14,16,18,20-22,24,26-27H,7-8,10,12,15H2,1-3H3/b14-13+/t16?,18-,20+,21+,22-,24?/m0/s1. The molecule has 1 aromatic carbocycles. The van der Waals surface area contributed by atoms with E-state index in [9.17, 15) is 15.0 Å². The lowest BCUT2D eigenvalue weighted by Gasteiger charge is -2.19. The van der Waals surface area contributed by atoms with Gasteiger partial charge in [-0.25, -0.2) is 0 Å². The lowest BCUT2D eigenvalue weighted by molar-refractivity contribution is -0.140. The fraction of sp³-hybridized carbons (Fsp3) is 0.560. The number of carbonyl (C=O) groups excluding carboxylic acids is 1. The number of hydrogen-bond acceptors (Lipinski definition) is 5. The quantitative estimate of drug-likeness (QED) is 0.389. The monoisotopic (exact) mass is 412 g/mol. The van der Waals surface area contributed by atoms with Crippen LogP contribution in [0.5, 0.6) is 5.75 Å². The molecule has 1 aliphatic heterocycles. The Morgan fingerprint density at radius 1 is 1.43 bits per heavy atom. The summed E-state index contributed by atoms with van der Waals surface area (Å²) in [6, 6.07) is 6.13. The number of fused-ring (bicyclic) bond motifs is 3. The third-order valence-electron chi connectivity index (χ3n) is 6.26. The van der Waals surface area contributed by atoms with E-state index in [1.807, 2.05) is 25.1 Å². The van der Waals surface area contributed by atoms with Crippen LogP contribution in [0.1, 0.15) is 56.6 Å². The largest absolute Gasteiger partial charge is 0.489 e. The van der Waals surface area contributed by atoms with Gasteiger partial charge in [0.05, 0.1) is 19.3 Å². The van der Waals surface area contributed by atoms with Crippen molar-refractivity contribution in [2.45, 2.75) is 70.2 Å². The highest BCUT2D eigenvalue weighted by Crippen LogP contribution is 2.52. The van der Waals surface area contributed by atoms with Gasteiger partial charge in [0.1, 0.15) is 11.9 Å². The first-order valence-electron chi connectivity index (χ1n) is 10.8. The highest BCUT2D eigenvalue weighted by atomic mass is 16.5. The molecule has 0 saturated heterocycles. The number of ether oxygens (including phenoxy) is 2. The first-order chi connectivity index (χ1) is 14.5. The lowest BCUT2D eigenvalue weighted by Crippen LogP contribution is -2.19. The Labute approximate surface area is 179 Å². The highest BCUT2D eigenvalue weighted by molar-refractivity contribution is 5.69. The van der Waals surface area contributed by atoms with Gasteiger partial charge in [0.2, 0.25) is 0 Å². The van der Waals surface area contributed by atoms with Gasteiger partial charge >= 0.3 is 5.97 Å². The fourth-order valence-electron chi connectivity index (χ4n) is 4.51. The van der Waals surface area contributed by atoms with Crippen LogP contribution in [0.15, 0.2) is 30.4 Å². The minimum Gasteiger partial charge on any atom is -0.489 e. The molecule has 0 radical (unpaired) electrons. The first-order valence-corrected chi connectivity index (χ1v) is 10.8. The second kappa shape index (κ2) is 10.1. The molecule has 1 saturated carbocycles. The molecule has 30 heavy (non-hydrogen) atoms. The molecular weight excluding hydrogens is 380 g/mol. The van der Waals surface area contributed by atoms with Crippen LogP contribution >= 0.6 is 0 Å². The number of rotatable bonds is 8.